The third-order valence-electron chi connectivity index (χ3n) is 7.24. The predicted molar refractivity (Wildman–Crippen MR) is 134 cm³/mol. The minimum absolute atomic E-state index is 0.0899. The van der Waals surface area contributed by atoms with Gasteiger partial charge < -0.3 is 9.64 Å². The number of amides is 1. The minimum Gasteiger partial charge on any atom is -0.493 e. The Labute approximate surface area is 198 Å². The molecule has 0 spiro atoms. The van der Waals surface area contributed by atoms with Gasteiger partial charge in [0.2, 0.25) is 5.91 Å². The number of rotatable bonds is 5. The van der Waals surface area contributed by atoms with Crippen molar-refractivity contribution in [2.24, 2.45) is 0 Å². The summed E-state index contributed by atoms with van der Waals surface area (Å²) in [5.74, 6) is 1.02. The number of hydrogen-bond donors (Lipinski definition) is 0. The van der Waals surface area contributed by atoms with Crippen molar-refractivity contribution in [2.45, 2.75) is 91.3 Å². The van der Waals surface area contributed by atoms with E-state index in [0.717, 1.165) is 73.3 Å². The molecule has 2 aliphatic heterocycles. The molecule has 0 unspecified atom stereocenters. The third-order valence-corrected chi connectivity index (χ3v) is 7.24. The number of likely N-dealkylation sites (tertiary alicyclic amines) is 1. The summed E-state index contributed by atoms with van der Waals surface area (Å²) in [5, 5.41) is 4.77. The lowest BCUT2D eigenvalue weighted by atomic mass is 9.92. The number of ether oxygens (including phenoxy) is 1. The van der Waals surface area contributed by atoms with Gasteiger partial charge in [-0.1, -0.05) is 6.92 Å². The van der Waals surface area contributed by atoms with Gasteiger partial charge in [-0.2, -0.15) is 5.10 Å². The van der Waals surface area contributed by atoms with E-state index >= 15 is 0 Å². The average Bonchev–Trinajstić information content (AvgIpc) is 3.26. The Balaban J connectivity index is 1.63. The smallest absolute Gasteiger partial charge is 0.224 e. The summed E-state index contributed by atoms with van der Waals surface area (Å²) in [6, 6.07) is 4.85. The standard InChI is InChI=1S/C27H40N4O2/c1-7-16-33-26-23(10-11-25-24(26)9-8-19(2)31(25)20(3)32)21-17-28-30(18-21)22-12-14-29(15-13-22)27(4,5)6/h10-11,17-19,22H,7-9,12-16H2,1-6H3/t19-/m0/s1. The van der Waals surface area contributed by atoms with Crippen LogP contribution in [0.3, 0.4) is 0 Å². The molecule has 3 heterocycles. The molecule has 1 aromatic heterocycles. The van der Waals surface area contributed by atoms with Crippen LogP contribution in [0.4, 0.5) is 5.69 Å². The number of hydrogen-bond acceptors (Lipinski definition) is 4. The molecular weight excluding hydrogens is 412 g/mol. The summed E-state index contributed by atoms with van der Waals surface area (Å²) >= 11 is 0. The van der Waals surface area contributed by atoms with Crippen LogP contribution in [0.2, 0.25) is 0 Å². The highest BCUT2D eigenvalue weighted by Crippen LogP contribution is 2.43. The zero-order valence-corrected chi connectivity index (χ0v) is 21.2. The molecule has 0 saturated carbocycles. The number of fused-ring (bicyclic) bond motifs is 1. The Morgan fingerprint density at radius 3 is 2.55 bits per heavy atom. The molecule has 0 aliphatic carbocycles. The van der Waals surface area contributed by atoms with E-state index in [4.69, 9.17) is 9.84 Å². The number of aromatic nitrogens is 2. The van der Waals surface area contributed by atoms with E-state index in [-0.39, 0.29) is 17.5 Å². The number of benzene rings is 1. The second-order valence-electron chi connectivity index (χ2n) is 10.7. The van der Waals surface area contributed by atoms with Crippen molar-refractivity contribution in [1.29, 1.82) is 0 Å². The van der Waals surface area contributed by atoms with Crippen LogP contribution in [-0.2, 0) is 11.2 Å². The molecule has 1 saturated heterocycles. The summed E-state index contributed by atoms with van der Waals surface area (Å²) in [5.41, 5.74) is 4.55. The summed E-state index contributed by atoms with van der Waals surface area (Å²) in [4.78, 5) is 16.9. The Hall–Kier alpha value is -2.34. The molecule has 0 radical (unpaired) electrons. The highest BCUT2D eigenvalue weighted by atomic mass is 16.5. The molecule has 6 heteroatoms. The van der Waals surface area contributed by atoms with Crippen LogP contribution in [0.15, 0.2) is 24.5 Å². The topological polar surface area (TPSA) is 50.6 Å². The molecule has 0 bridgehead atoms. The highest BCUT2D eigenvalue weighted by molar-refractivity contribution is 5.95. The second-order valence-corrected chi connectivity index (χ2v) is 10.7. The van der Waals surface area contributed by atoms with Gasteiger partial charge in [-0.3, -0.25) is 14.4 Å². The number of anilines is 1. The number of piperidine rings is 1. The van der Waals surface area contributed by atoms with E-state index in [0.29, 0.717) is 12.6 Å². The maximum Gasteiger partial charge on any atom is 0.224 e. The normalized spacial score (nSPS) is 20.1. The van der Waals surface area contributed by atoms with Gasteiger partial charge in [0, 0.05) is 54.5 Å². The number of carbonyl (C=O) groups excluding carboxylic acids is 1. The monoisotopic (exact) mass is 452 g/mol. The molecule has 1 aromatic carbocycles. The van der Waals surface area contributed by atoms with E-state index in [2.05, 4.69) is 62.5 Å². The zero-order chi connectivity index (χ0) is 23.8. The van der Waals surface area contributed by atoms with Crippen LogP contribution in [0.25, 0.3) is 11.1 Å². The Morgan fingerprint density at radius 2 is 1.91 bits per heavy atom. The van der Waals surface area contributed by atoms with Crippen LogP contribution in [0, 0.1) is 0 Å². The van der Waals surface area contributed by atoms with Gasteiger partial charge in [-0.15, -0.1) is 0 Å². The molecule has 6 nitrogen and oxygen atoms in total. The fourth-order valence-electron chi connectivity index (χ4n) is 5.36. The quantitative estimate of drug-likeness (QED) is 0.604. The van der Waals surface area contributed by atoms with Crippen molar-refractivity contribution in [3.8, 4) is 16.9 Å². The Kier molecular flexibility index (Phi) is 6.85. The highest BCUT2D eigenvalue weighted by Gasteiger charge is 2.31. The van der Waals surface area contributed by atoms with Crippen LogP contribution in [-0.4, -0.2) is 51.9 Å². The lowest BCUT2D eigenvalue weighted by Gasteiger charge is -2.40. The molecular formula is C27H40N4O2. The van der Waals surface area contributed by atoms with E-state index in [1.807, 2.05) is 11.1 Å². The van der Waals surface area contributed by atoms with Crippen molar-refractivity contribution in [3.63, 3.8) is 0 Å². The molecule has 4 rings (SSSR count). The van der Waals surface area contributed by atoms with E-state index in [9.17, 15) is 4.79 Å². The summed E-state index contributed by atoms with van der Waals surface area (Å²) in [6.07, 6.45) is 9.22. The minimum atomic E-state index is 0.0899. The first-order chi connectivity index (χ1) is 15.7. The third kappa shape index (κ3) is 4.81. The molecule has 2 aromatic rings. The first kappa shape index (κ1) is 23.8. The summed E-state index contributed by atoms with van der Waals surface area (Å²) in [7, 11) is 0. The SMILES string of the molecule is CCCOc1c(-c2cnn(C3CCN(C(C)(C)C)CC3)c2)ccc2c1CC[C@H](C)N2C(C)=O. The van der Waals surface area contributed by atoms with Crippen LogP contribution >= 0.6 is 0 Å². The van der Waals surface area contributed by atoms with E-state index in [1.54, 1.807) is 6.92 Å². The molecule has 33 heavy (non-hydrogen) atoms. The van der Waals surface area contributed by atoms with Gasteiger partial charge >= 0.3 is 0 Å². The second kappa shape index (κ2) is 9.49. The van der Waals surface area contributed by atoms with Gasteiger partial charge in [0.15, 0.2) is 0 Å². The van der Waals surface area contributed by atoms with E-state index < -0.39 is 0 Å². The van der Waals surface area contributed by atoms with Crippen molar-refractivity contribution in [2.75, 3.05) is 24.6 Å². The fraction of sp³-hybridized carbons (Fsp3) is 0.630. The first-order valence-electron chi connectivity index (χ1n) is 12.6. The maximum absolute atomic E-state index is 12.4. The van der Waals surface area contributed by atoms with Crippen LogP contribution in [0.1, 0.15) is 78.8 Å². The van der Waals surface area contributed by atoms with Crippen LogP contribution < -0.4 is 9.64 Å². The first-order valence-corrected chi connectivity index (χ1v) is 12.6. The molecule has 1 atom stereocenters. The summed E-state index contributed by atoms with van der Waals surface area (Å²) < 4.78 is 8.48. The largest absolute Gasteiger partial charge is 0.493 e. The number of nitrogens with zero attached hydrogens (tertiary/aromatic N) is 4. The lowest BCUT2D eigenvalue weighted by Crippen LogP contribution is -2.46. The van der Waals surface area contributed by atoms with Gasteiger partial charge in [0.05, 0.1) is 24.5 Å². The van der Waals surface area contributed by atoms with Gasteiger partial charge in [0.25, 0.3) is 0 Å². The average molecular weight is 453 g/mol. The Bertz CT molecular complexity index is 982. The van der Waals surface area contributed by atoms with Gasteiger partial charge in [-0.25, -0.2) is 0 Å². The van der Waals surface area contributed by atoms with Gasteiger partial charge in [0.1, 0.15) is 5.75 Å². The molecule has 2 aliphatic rings. The van der Waals surface area contributed by atoms with Crippen molar-refractivity contribution in [3.05, 3.63) is 30.1 Å². The molecule has 1 fully saturated rings. The lowest BCUT2D eigenvalue weighted by molar-refractivity contribution is -0.117. The predicted octanol–water partition coefficient (Wildman–Crippen LogP) is 5.46. The summed E-state index contributed by atoms with van der Waals surface area (Å²) in [6.45, 7) is 15.7. The number of carbonyl (C=O) groups is 1. The molecule has 0 N–H and O–H groups in total. The van der Waals surface area contributed by atoms with E-state index in [1.165, 1.54) is 0 Å². The van der Waals surface area contributed by atoms with Crippen LogP contribution in [0.5, 0.6) is 5.75 Å². The van der Waals surface area contributed by atoms with Crippen molar-refractivity contribution < 1.29 is 9.53 Å². The molecule has 1 amide bonds. The fourth-order valence-corrected chi connectivity index (χ4v) is 5.36. The van der Waals surface area contributed by atoms with Crippen molar-refractivity contribution in [1.82, 2.24) is 14.7 Å². The Morgan fingerprint density at radius 1 is 1.18 bits per heavy atom. The van der Waals surface area contributed by atoms with Gasteiger partial charge in [-0.05, 0) is 71.9 Å². The molecule has 180 valence electrons. The maximum atomic E-state index is 12.4. The zero-order valence-electron chi connectivity index (χ0n) is 21.2. The van der Waals surface area contributed by atoms with Crippen molar-refractivity contribution >= 4 is 11.6 Å².